The standard InChI is InChI=1S/C14H17N5O2/c1-10-8-13(21-17-10)16-12(20)9-19-7-6-18(2)14-11(19)4-3-5-15-14/h3-5,8H,6-7,9H2,1-2H3,(H,16,20). The van der Waals surface area contributed by atoms with Crippen LogP contribution in [0.1, 0.15) is 5.69 Å². The van der Waals surface area contributed by atoms with Crippen molar-refractivity contribution in [1.82, 2.24) is 10.1 Å². The number of nitrogens with zero attached hydrogens (tertiary/aromatic N) is 4. The van der Waals surface area contributed by atoms with Gasteiger partial charge in [-0.25, -0.2) is 4.98 Å². The number of hydrogen-bond acceptors (Lipinski definition) is 6. The van der Waals surface area contributed by atoms with Crippen molar-refractivity contribution in [2.24, 2.45) is 0 Å². The van der Waals surface area contributed by atoms with Crippen molar-refractivity contribution in [2.45, 2.75) is 6.92 Å². The van der Waals surface area contributed by atoms with Crippen molar-refractivity contribution in [2.75, 3.05) is 41.8 Å². The summed E-state index contributed by atoms with van der Waals surface area (Å²) in [6.45, 7) is 3.67. The average molecular weight is 287 g/mol. The Hall–Kier alpha value is -2.57. The molecule has 21 heavy (non-hydrogen) atoms. The van der Waals surface area contributed by atoms with E-state index in [2.05, 4.69) is 20.4 Å². The van der Waals surface area contributed by atoms with Crippen molar-refractivity contribution in [3.8, 4) is 0 Å². The Labute approximate surface area is 122 Å². The molecule has 2 aromatic heterocycles. The third-order valence-corrected chi connectivity index (χ3v) is 3.40. The third kappa shape index (κ3) is 2.81. The molecule has 7 heteroatoms. The number of amides is 1. The molecule has 0 atom stereocenters. The Kier molecular flexibility index (Phi) is 3.47. The molecule has 3 rings (SSSR count). The van der Waals surface area contributed by atoms with Crippen LogP contribution in [0.3, 0.4) is 0 Å². The molecule has 3 heterocycles. The van der Waals surface area contributed by atoms with E-state index in [1.807, 2.05) is 31.0 Å². The van der Waals surface area contributed by atoms with Crippen LogP contribution in [0.5, 0.6) is 0 Å². The maximum Gasteiger partial charge on any atom is 0.246 e. The molecule has 2 aromatic rings. The molecule has 0 saturated carbocycles. The summed E-state index contributed by atoms with van der Waals surface area (Å²) < 4.78 is 4.99. The Balaban J connectivity index is 1.71. The zero-order valence-electron chi connectivity index (χ0n) is 12.0. The van der Waals surface area contributed by atoms with Crippen LogP contribution in [0.4, 0.5) is 17.4 Å². The number of rotatable bonds is 3. The Bertz CT molecular complexity index is 654. The largest absolute Gasteiger partial charge is 0.357 e. The van der Waals surface area contributed by atoms with Gasteiger partial charge >= 0.3 is 0 Å². The van der Waals surface area contributed by atoms with E-state index in [0.29, 0.717) is 5.88 Å². The molecule has 0 aromatic carbocycles. The van der Waals surface area contributed by atoms with E-state index in [4.69, 9.17) is 4.52 Å². The van der Waals surface area contributed by atoms with Gasteiger partial charge in [0.25, 0.3) is 0 Å². The average Bonchev–Trinajstić information content (AvgIpc) is 2.87. The van der Waals surface area contributed by atoms with Gasteiger partial charge < -0.3 is 14.3 Å². The lowest BCUT2D eigenvalue weighted by atomic mass is 10.2. The van der Waals surface area contributed by atoms with Crippen LogP contribution >= 0.6 is 0 Å². The molecule has 0 saturated heterocycles. The first-order chi connectivity index (χ1) is 10.1. The van der Waals surface area contributed by atoms with Gasteiger partial charge in [-0.3, -0.25) is 10.1 Å². The van der Waals surface area contributed by atoms with Crippen molar-refractivity contribution in [3.05, 3.63) is 30.1 Å². The fraction of sp³-hybridized carbons (Fsp3) is 0.357. The summed E-state index contributed by atoms with van der Waals surface area (Å²) in [6, 6.07) is 5.55. The van der Waals surface area contributed by atoms with Crippen LogP contribution < -0.4 is 15.1 Å². The van der Waals surface area contributed by atoms with Gasteiger partial charge in [0.05, 0.1) is 17.9 Å². The number of carbonyl (C=O) groups excluding carboxylic acids is 1. The minimum Gasteiger partial charge on any atom is -0.357 e. The molecule has 7 nitrogen and oxygen atoms in total. The SMILES string of the molecule is Cc1cc(NC(=O)CN2CCN(C)c3ncccc32)on1. The summed E-state index contributed by atoms with van der Waals surface area (Å²) in [5, 5.41) is 6.45. The summed E-state index contributed by atoms with van der Waals surface area (Å²) >= 11 is 0. The van der Waals surface area contributed by atoms with Gasteiger partial charge in [-0.15, -0.1) is 0 Å². The number of likely N-dealkylation sites (N-methyl/N-ethyl adjacent to an activating group) is 1. The van der Waals surface area contributed by atoms with E-state index in [-0.39, 0.29) is 12.5 Å². The van der Waals surface area contributed by atoms with Gasteiger partial charge in [-0.05, 0) is 19.1 Å². The second-order valence-electron chi connectivity index (χ2n) is 5.07. The number of anilines is 3. The van der Waals surface area contributed by atoms with Gasteiger partial charge in [0.1, 0.15) is 0 Å². The molecule has 0 bridgehead atoms. The number of pyridine rings is 1. The Morgan fingerprint density at radius 3 is 3.10 bits per heavy atom. The number of aromatic nitrogens is 2. The molecule has 110 valence electrons. The van der Waals surface area contributed by atoms with Crippen LogP contribution in [0.15, 0.2) is 28.9 Å². The maximum absolute atomic E-state index is 12.1. The van der Waals surface area contributed by atoms with E-state index in [1.54, 1.807) is 12.3 Å². The molecular formula is C14H17N5O2. The highest BCUT2D eigenvalue weighted by Crippen LogP contribution is 2.29. The van der Waals surface area contributed by atoms with E-state index in [1.165, 1.54) is 0 Å². The van der Waals surface area contributed by atoms with Crippen molar-refractivity contribution in [1.29, 1.82) is 0 Å². The summed E-state index contributed by atoms with van der Waals surface area (Å²) in [5.41, 5.74) is 1.70. The van der Waals surface area contributed by atoms with E-state index in [0.717, 1.165) is 30.3 Å². The minimum atomic E-state index is -0.134. The second-order valence-corrected chi connectivity index (χ2v) is 5.07. The lowest BCUT2D eigenvalue weighted by Crippen LogP contribution is -2.43. The van der Waals surface area contributed by atoms with Crippen molar-refractivity contribution < 1.29 is 9.32 Å². The van der Waals surface area contributed by atoms with E-state index >= 15 is 0 Å². The topological polar surface area (TPSA) is 74.5 Å². The lowest BCUT2D eigenvalue weighted by molar-refractivity contribution is -0.115. The van der Waals surface area contributed by atoms with Gasteiger partial charge in [0.2, 0.25) is 11.8 Å². The maximum atomic E-state index is 12.1. The highest BCUT2D eigenvalue weighted by atomic mass is 16.5. The van der Waals surface area contributed by atoms with Crippen LogP contribution in [-0.2, 0) is 4.79 Å². The fourth-order valence-corrected chi connectivity index (χ4v) is 2.36. The van der Waals surface area contributed by atoms with E-state index in [9.17, 15) is 4.79 Å². The first kappa shape index (κ1) is 13.4. The van der Waals surface area contributed by atoms with Crippen LogP contribution in [-0.4, -0.2) is 42.7 Å². The molecular weight excluding hydrogens is 270 g/mol. The molecule has 0 fully saturated rings. The first-order valence-electron chi connectivity index (χ1n) is 6.78. The van der Waals surface area contributed by atoms with Gasteiger partial charge in [0, 0.05) is 32.4 Å². The van der Waals surface area contributed by atoms with E-state index < -0.39 is 0 Å². The second kappa shape index (κ2) is 5.43. The molecule has 1 aliphatic rings. The number of aryl methyl sites for hydroxylation is 1. The Morgan fingerprint density at radius 2 is 2.33 bits per heavy atom. The van der Waals surface area contributed by atoms with Crippen molar-refractivity contribution in [3.63, 3.8) is 0 Å². The van der Waals surface area contributed by atoms with Crippen LogP contribution in [0.25, 0.3) is 0 Å². The van der Waals surface area contributed by atoms with Crippen LogP contribution in [0, 0.1) is 6.92 Å². The quantitative estimate of drug-likeness (QED) is 0.916. The predicted octanol–water partition coefficient (Wildman–Crippen LogP) is 1.27. The third-order valence-electron chi connectivity index (χ3n) is 3.40. The molecule has 1 N–H and O–H groups in total. The van der Waals surface area contributed by atoms with Crippen molar-refractivity contribution >= 4 is 23.3 Å². The highest BCUT2D eigenvalue weighted by Gasteiger charge is 2.23. The minimum absolute atomic E-state index is 0.134. The summed E-state index contributed by atoms with van der Waals surface area (Å²) in [7, 11) is 2.00. The summed E-state index contributed by atoms with van der Waals surface area (Å²) in [5.74, 6) is 1.13. The normalized spacial score (nSPS) is 14.0. The van der Waals surface area contributed by atoms with Gasteiger partial charge in [0.15, 0.2) is 5.82 Å². The number of nitrogens with one attached hydrogen (secondary N) is 1. The molecule has 1 aliphatic heterocycles. The molecule has 0 unspecified atom stereocenters. The molecule has 0 spiro atoms. The molecule has 1 amide bonds. The van der Waals surface area contributed by atoms with Gasteiger partial charge in [-0.2, -0.15) is 0 Å². The molecule has 0 aliphatic carbocycles. The zero-order valence-corrected chi connectivity index (χ0v) is 12.0. The summed E-state index contributed by atoms with van der Waals surface area (Å²) in [6.07, 6.45) is 1.76. The first-order valence-corrected chi connectivity index (χ1v) is 6.78. The van der Waals surface area contributed by atoms with Gasteiger partial charge in [-0.1, -0.05) is 5.16 Å². The lowest BCUT2D eigenvalue weighted by Gasteiger charge is -2.35. The fourth-order valence-electron chi connectivity index (χ4n) is 2.36. The smallest absolute Gasteiger partial charge is 0.246 e. The van der Waals surface area contributed by atoms with Crippen LogP contribution in [0.2, 0.25) is 0 Å². The zero-order chi connectivity index (χ0) is 14.8. The number of hydrogen-bond donors (Lipinski definition) is 1. The number of fused-ring (bicyclic) bond motifs is 1. The monoisotopic (exact) mass is 287 g/mol. The summed E-state index contributed by atoms with van der Waals surface area (Å²) in [4.78, 5) is 20.6. The Morgan fingerprint density at radius 1 is 1.48 bits per heavy atom. The predicted molar refractivity (Wildman–Crippen MR) is 79.6 cm³/mol. The highest BCUT2D eigenvalue weighted by molar-refractivity contribution is 5.93. The molecule has 0 radical (unpaired) electrons. The number of carbonyl (C=O) groups is 1.